The van der Waals surface area contributed by atoms with E-state index in [1.807, 2.05) is 0 Å². The van der Waals surface area contributed by atoms with E-state index in [1.165, 1.54) is 24.2 Å². The molecule has 0 aliphatic heterocycles. The molecule has 0 unspecified atom stereocenters. The molecule has 3 nitrogen and oxygen atoms in total. The summed E-state index contributed by atoms with van der Waals surface area (Å²) in [7, 11) is 8.75. The van der Waals surface area contributed by atoms with Crippen LogP contribution in [0.3, 0.4) is 0 Å². The van der Waals surface area contributed by atoms with Gasteiger partial charge in [-0.25, -0.2) is 0 Å². The molecule has 0 fully saturated rings. The number of likely N-dealkylation sites (N-methyl/N-ethyl adjacent to an activating group) is 3. The molecule has 0 aliphatic rings. The van der Waals surface area contributed by atoms with Crippen LogP contribution in [0.2, 0.25) is 14.8 Å². The van der Waals surface area contributed by atoms with Crippen molar-refractivity contribution in [2.45, 2.75) is 14.8 Å². The Hall–Kier alpha value is 0.679. The number of hydrogen-bond acceptors (Lipinski definition) is 3. The summed E-state index contributed by atoms with van der Waals surface area (Å²) in [6.07, 6.45) is 0. The van der Waals surface area contributed by atoms with Gasteiger partial charge in [-0.3, -0.25) is 0 Å². The van der Waals surface area contributed by atoms with Crippen molar-refractivity contribution in [2.24, 2.45) is 0 Å². The van der Waals surface area contributed by atoms with Crippen molar-refractivity contribution in [3.63, 3.8) is 0 Å². The molecule has 0 aromatic carbocycles. The summed E-state index contributed by atoms with van der Waals surface area (Å²) >= 11 is -1.61. The van der Waals surface area contributed by atoms with Crippen LogP contribution in [0, 0.1) is 0 Å². The first-order chi connectivity index (χ1) is 7.20. The summed E-state index contributed by atoms with van der Waals surface area (Å²) in [5.41, 5.74) is 0. The Kier molecular flexibility index (Phi) is 8.24. The van der Waals surface area contributed by atoms with E-state index in [2.05, 4.69) is 57.7 Å². The Labute approximate surface area is 107 Å². The van der Waals surface area contributed by atoms with Gasteiger partial charge in [-0.05, 0) is 0 Å². The van der Waals surface area contributed by atoms with Gasteiger partial charge in [0.2, 0.25) is 0 Å². The first-order valence-electron chi connectivity index (χ1n) is 6.22. The average Bonchev–Trinajstić information content (AvgIpc) is 2.08. The SMILES string of the molecule is CN(C)CCN(C)CCN(C)[CH2][Sn]([CH3])([CH3])[CH3]. The summed E-state index contributed by atoms with van der Waals surface area (Å²) in [4.78, 5) is 14.7. The quantitative estimate of drug-likeness (QED) is 0.619. The molecule has 0 radical (unpaired) electrons. The third-order valence-electron chi connectivity index (χ3n) is 2.54. The van der Waals surface area contributed by atoms with Crippen LogP contribution in [0.15, 0.2) is 0 Å². The van der Waals surface area contributed by atoms with E-state index >= 15 is 0 Å². The Morgan fingerprint density at radius 3 is 1.56 bits per heavy atom. The molecule has 0 spiro atoms. The molecule has 98 valence electrons. The van der Waals surface area contributed by atoms with Gasteiger partial charge >= 0.3 is 107 Å². The van der Waals surface area contributed by atoms with Crippen molar-refractivity contribution >= 4 is 18.4 Å². The molecule has 0 aliphatic carbocycles. The minimum atomic E-state index is -1.61. The Morgan fingerprint density at radius 2 is 1.12 bits per heavy atom. The van der Waals surface area contributed by atoms with Gasteiger partial charge in [-0.1, -0.05) is 0 Å². The van der Waals surface area contributed by atoms with Gasteiger partial charge < -0.3 is 0 Å². The molecule has 0 atom stereocenters. The first kappa shape index (κ1) is 16.7. The summed E-state index contributed by atoms with van der Waals surface area (Å²) in [5, 5.41) is 0. The van der Waals surface area contributed by atoms with E-state index in [0.29, 0.717) is 0 Å². The zero-order valence-corrected chi connectivity index (χ0v) is 15.2. The summed E-state index contributed by atoms with van der Waals surface area (Å²) in [5.74, 6) is 0. The van der Waals surface area contributed by atoms with Crippen molar-refractivity contribution in [1.29, 1.82) is 0 Å². The maximum atomic E-state index is 2.52. The molecule has 0 saturated heterocycles. The molecule has 4 heteroatoms. The summed E-state index contributed by atoms with van der Waals surface area (Å²) in [6.45, 7) is 4.71. The molecule has 0 N–H and O–H groups in total. The number of rotatable bonds is 8. The fourth-order valence-electron chi connectivity index (χ4n) is 1.71. The van der Waals surface area contributed by atoms with Crippen molar-refractivity contribution in [3.05, 3.63) is 0 Å². The van der Waals surface area contributed by atoms with E-state index in [-0.39, 0.29) is 0 Å². The number of hydrogen-bond donors (Lipinski definition) is 0. The molecule has 0 amide bonds. The zero-order chi connectivity index (χ0) is 12.8. The van der Waals surface area contributed by atoms with Crippen LogP contribution in [0.25, 0.3) is 0 Å². The van der Waals surface area contributed by atoms with Gasteiger partial charge in [0.1, 0.15) is 0 Å². The van der Waals surface area contributed by atoms with Crippen LogP contribution in [0.1, 0.15) is 0 Å². The zero-order valence-electron chi connectivity index (χ0n) is 12.4. The van der Waals surface area contributed by atoms with Crippen molar-refractivity contribution in [2.75, 3.05) is 58.9 Å². The maximum absolute atomic E-state index is 2.52. The topological polar surface area (TPSA) is 9.72 Å². The van der Waals surface area contributed by atoms with E-state index in [4.69, 9.17) is 0 Å². The Bertz CT molecular complexity index is 178. The second-order valence-electron chi connectivity index (χ2n) is 6.40. The molecule has 0 aromatic heterocycles. The second-order valence-corrected chi connectivity index (χ2v) is 21.9. The van der Waals surface area contributed by atoms with Crippen LogP contribution < -0.4 is 0 Å². The predicted octanol–water partition coefficient (Wildman–Crippen LogP) is 1.29. The number of nitrogens with zero attached hydrogens (tertiary/aromatic N) is 3. The predicted molar refractivity (Wildman–Crippen MR) is 76.9 cm³/mol. The first-order valence-corrected chi connectivity index (χ1v) is 16.8. The second kappa shape index (κ2) is 7.90. The van der Waals surface area contributed by atoms with Gasteiger partial charge in [0, 0.05) is 0 Å². The van der Waals surface area contributed by atoms with Crippen molar-refractivity contribution in [1.82, 2.24) is 14.7 Å². The van der Waals surface area contributed by atoms with E-state index in [0.717, 1.165) is 6.54 Å². The van der Waals surface area contributed by atoms with Crippen molar-refractivity contribution < 1.29 is 0 Å². The van der Waals surface area contributed by atoms with Crippen LogP contribution in [-0.4, -0.2) is 92.0 Å². The third-order valence-corrected chi connectivity index (χ3v) is 6.79. The fraction of sp³-hybridized carbons (Fsp3) is 1.00. The summed E-state index contributed by atoms with van der Waals surface area (Å²) in [6, 6.07) is 0. The molecule has 0 rings (SSSR count). The third kappa shape index (κ3) is 11.2. The fourth-order valence-corrected chi connectivity index (χ4v) is 6.79. The monoisotopic (exact) mass is 337 g/mol. The Balaban J connectivity index is 3.63. The van der Waals surface area contributed by atoms with Gasteiger partial charge in [-0.2, -0.15) is 0 Å². The van der Waals surface area contributed by atoms with Gasteiger partial charge in [0.05, 0.1) is 0 Å². The molecular formula is C12H31N3Sn. The van der Waals surface area contributed by atoms with E-state index in [1.54, 1.807) is 0 Å². The van der Waals surface area contributed by atoms with E-state index < -0.39 is 18.4 Å². The molecule has 0 aromatic rings. The van der Waals surface area contributed by atoms with Crippen LogP contribution in [0.4, 0.5) is 0 Å². The molecule has 0 saturated carbocycles. The van der Waals surface area contributed by atoms with Gasteiger partial charge in [0.25, 0.3) is 0 Å². The average molecular weight is 336 g/mol. The van der Waals surface area contributed by atoms with Crippen LogP contribution in [0.5, 0.6) is 0 Å². The van der Waals surface area contributed by atoms with Gasteiger partial charge in [0.15, 0.2) is 0 Å². The van der Waals surface area contributed by atoms with Gasteiger partial charge in [-0.15, -0.1) is 0 Å². The summed E-state index contributed by atoms with van der Waals surface area (Å²) < 4.78 is 1.37. The normalized spacial score (nSPS) is 13.1. The van der Waals surface area contributed by atoms with Crippen LogP contribution in [-0.2, 0) is 0 Å². The van der Waals surface area contributed by atoms with Crippen molar-refractivity contribution in [3.8, 4) is 0 Å². The van der Waals surface area contributed by atoms with E-state index in [9.17, 15) is 0 Å². The Morgan fingerprint density at radius 1 is 0.688 bits per heavy atom. The molecular weight excluding hydrogens is 305 g/mol. The standard InChI is InChI=1S/C9H22N3.3CH3.Sn/c1-10(2)6-8-12(5)9-7-11(3)4;;;;/h1,6-9H2,2-5H3;3*1H3;. The molecule has 16 heavy (non-hydrogen) atoms. The van der Waals surface area contributed by atoms with Crippen LogP contribution >= 0.6 is 0 Å². The molecule has 0 heterocycles. The minimum absolute atomic E-state index is 1.15. The molecule has 0 bridgehead atoms.